The summed E-state index contributed by atoms with van der Waals surface area (Å²) < 4.78 is 24.6. The average Bonchev–Trinajstić information content (AvgIpc) is 2.73. The second kappa shape index (κ2) is 7.07. The van der Waals surface area contributed by atoms with Gasteiger partial charge in [0.1, 0.15) is 0 Å². The van der Waals surface area contributed by atoms with Crippen LogP contribution in [0.3, 0.4) is 0 Å². The lowest BCUT2D eigenvalue weighted by Crippen LogP contribution is -2.36. The van der Waals surface area contributed by atoms with Crippen LogP contribution in [0.25, 0.3) is 5.57 Å². The van der Waals surface area contributed by atoms with E-state index in [0.29, 0.717) is 32.6 Å². The second-order valence-electron chi connectivity index (χ2n) is 5.53. The maximum Gasteiger partial charge on any atom is 0.246 e. The Morgan fingerprint density at radius 3 is 2.41 bits per heavy atom. The van der Waals surface area contributed by atoms with Gasteiger partial charge in [0.2, 0.25) is 15.9 Å². The molecule has 0 radical (unpaired) electrons. The van der Waals surface area contributed by atoms with Gasteiger partial charge in [0.15, 0.2) is 0 Å². The molecule has 1 aromatic carbocycles. The molecule has 1 aliphatic heterocycles. The number of hydrogen-bond acceptors (Lipinski definition) is 3. The molecular formula is C16H22N2O3S. The third-order valence-electron chi connectivity index (χ3n) is 3.80. The Morgan fingerprint density at radius 1 is 1.09 bits per heavy atom. The molecule has 0 saturated carbocycles. The zero-order chi connectivity index (χ0) is 16.2. The van der Waals surface area contributed by atoms with Gasteiger partial charge in [-0.05, 0) is 24.5 Å². The summed E-state index contributed by atoms with van der Waals surface area (Å²) in [5.74, 6) is -0.0586. The van der Waals surface area contributed by atoms with Gasteiger partial charge >= 0.3 is 0 Å². The van der Waals surface area contributed by atoms with Gasteiger partial charge < -0.3 is 4.90 Å². The number of benzene rings is 1. The van der Waals surface area contributed by atoms with Crippen LogP contribution in [0, 0.1) is 0 Å². The monoisotopic (exact) mass is 322 g/mol. The topological polar surface area (TPSA) is 57.7 Å². The van der Waals surface area contributed by atoms with Crippen molar-refractivity contribution in [2.24, 2.45) is 0 Å². The highest BCUT2D eigenvalue weighted by Crippen LogP contribution is 2.14. The van der Waals surface area contributed by atoms with Crippen LogP contribution < -0.4 is 0 Å². The molecule has 120 valence electrons. The Labute approximate surface area is 132 Å². The highest BCUT2D eigenvalue weighted by atomic mass is 32.2. The molecule has 22 heavy (non-hydrogen) atoms. The van der Waals surface area contributed by atoms with E-state index in [4.69, 9.17) is 0 Å². The quantitative estimate of drug-likeness (QED) is 0.794. The number of carbonyl (C=O) groups excluding carboxylic acids is 1. The fraction of sp³-hybridized carbons (Fsp3) is 0.438. The minimum absolute atomic E-state index is 0.0586. The van der Waals surface area contributed by atoms with E-state index in [1.165, 1.54) is 10.6 Å². The van der Waals surface area contributed by atoms with E-state index >= 15 is 0 Å². The summed E-state index contributed by atoms with van der Waals surface area (Å²) in [7, 11) is -3.18. The van der Waals surface area contributed by atoms with Crippen molar-refractivity contribution in [1.82, 2.24) is 9.21 Å². The largest absolute Gasteiger partial charge is 0.338 e. The average molecular weight is 322 g/mol. The zero-order valence-corrected chi connectivity index (χ0v) is 13.8. The first-order chi connectivity index (χ1) is 10.4. The number of rotatable bonds is 3. The molecule has 0 bridgehead atoms. The minimum atomic E-state index is -3.18. The molecule has 1 aliphatic rings. The lowest BCUT2D eigenvalue weighted by Gasteiger charge is -2.20. The fourth-order valence-electron chi connectivity index (χ4n) is 2.51. The number of sulfonamides is 1. The summed E-state index contributed by atoms with van der Waals surface area (Å²) in [4.78, 5) is 14.1. The number of amides is 1. The summed E-state index contributed by atoms with van der Waals surface area (Å²) in [6.45, 7) is 3.77. The van der Waals surface area contributed by atoms with Crippen molar-refractivity contribution < 1.29 is 13.2 Å². The molecule has 1 heterocycles. The van der Waals surface area contributed by atoms with Crippen LogP contribution in [0.1, 0.15) is 18.9 Å². The molecule has 0 atom stereocenters. The van der Waals surface area contributed by atoms with Crippen LogP contribution in [-0.4, -0.2) is 56.0 Å². The summed E-state index contributed by atoms with van der Waals surface area (Å²) in [5.41, 5.74) is 1.93. The Morgan fingerprint density at radius 2 is 1.77 bits per heavy atom. The molecule has 0 aliphatic carbocycles. The predicted molar refractivity (Wildman–Crippen MR) is 87.7 cm³/mol. The van der Waals surface area contributed by atoms with Gasteiger partial charge in [0.25, 0.3) is 0 Å². The molecule has 0 unspecified atom stereocenters. The van der Waals surface area contributed by atoms with Crippen molar-refractivity contribution in [2.75, 3.05) is 32.4 Å². The lowest BCUT2D eigenvalue weighted by molar-refractivity contribution is -0.125. The SMILES string of the molecule is CC(=CC(=O)N1CCCN(S(C)(=O)=O)CC1)c1ccccc1. The Kier molecular flexibility index (Phi) is 5.37. The van der Waals surface area contributed by atoms with E-state index in [1.807, 2.05) is 37.3 Å². The first-order valence-electron chi connectivity index (χ1n) is 7.35. The van der Waals surface area contributed by atoms with Crippen LogP contribution in [0.2, 0.25) is 0 Å². The molecule has 1 fully saturated rings. The normalized spacial score (nSPS) is 18.1. The van der Waals surface area contributed by atoms with Gasteiger partial charge in [0.05, 0.1) is 6.26 Å². The van der Waals surface area contributed by atoms with Gasteiger partial charge in [-0.3, -0.25) is 4.79 Å². The summed E-state index contributed by atoms with van der Waals surface area (Å²) >= 11 is 0. The van der Waals surface area contributed by atoms with Crippen molar-refractivity contribution in [3.8, 4) is 0 Å². The Balaban J connectivity index is 2.04. The van der Waals surface area contributed by atoms with Crippen LogP contribution in [0.15, 0.2) is 36.4 Å². The molecular weight excluding hydrogens is 300 g/mol. The highest BCUT2D eigenvalue weighted by Gasteiger charge is 2.23. The fourth-order valence-corrected chi connectivity index (χ4v) is 3.38. The lowest BCUT2D eigenvalue weighted by atomic mass is 10.1. The Bertz CT molecular complexity index is 653. The van der Waals surface area contributed by atoms with Crippen molar-refractivity contribution in [3.05, 3.63) is 42.0 Å². The van der Waals surface area contributed by atoms with Crippen LogP contribution in [0.5, 0.6) is 0 Å². The van der Waals surface area contributed by atoms with E-state index in [0.717, 1.165) is 11.1 Å². The summed E-state index contributed by atoms with van der Waals surface area (Å²) in [5, 5.41) is 0. The van der Waals surface area contributed by atoms with E-state index in [1.54, 1.807) is 11.0 Å². The molecule has 0 aromatic heterocycles. The van der Waals surface area contributed by atoms with E-state index in [9.17, 15) is 13.2 Å². The molecule has 1 aromatic rings. The second-order valence-corrected chi connectivity index (χ2v) is 7.52. The molecule has 2 rings (SSSR count). The van der Waals surface area contributed by atoms with Crippen molar-refractivity contribution in [3.63, 3.8) is 0 Å². The number of hydrogen-bond donors (Lipinski definition) is 0. The first-order valence-corrected chi connectivity index (χ1v) is 9.20. The number of carbonyl (C=O) groups is 1. The van der Waals surface area contributed by atoms with E-state index < -0.39 is 10.0 Å². The minimum Gasteiger partial charge on any atom is -0.338 e. The summed E-state index contributed by atoms with van der Waals surface area (Å²) in [6.07, 6.45) is 3.51. The van der Waals surface area contributed by atoms with Crippen molar-refractivity contribution in [2.45, 2.75) is 13.3 Å². The van der Waals surface area contributed by atoms with Gasteiger partial charge in [0, 0.05) is 32.3 Å². The zero-order valence-electron chi connectivity index (χ0n) is 13.0. The van der Waals surface area contributed by atoms with Gasteiger partial charge in [-0.1, -0.05) is 30.3 Å². The van der Waals surface area contributed by atoms with Crippen molar-refractivity contribution >= 4 is 21.5 Å². The van der Waals surface area contributed by atoms with E-state index in [-0.39, 0.29) is 5.91 Å². The van der Waals surface area contributed by atoms with Crippen LogP contribution in [-0.2, 0) is 14.8 Å². The van der Waals surface area contributed by atoms with Crippen LogP contribution in [0.4, 0.5) is 0 Å². The van der Waals surface area contributed by atoms with Crippen LogP contribution >= 0.6 is 0 Å². The van der Waals surface area contributed by atoms with Gasteiger partial charge in [-0.2, -0.15) is 0 Å². The maximum atomic E-state index is 12.4. The van der Waals surface area contributed by atoms with E-state index in [2.05, 4.69) is 0 Å². The predicted octanol–water partition coefficient (Wildman–Crippen LogP) is 1.58. The molecule has 0 spiro atoms. The van der Waals surface area contributed by atoms with Crippen molar-refractivity contribution in [1.29, 1.82) is 0 Å². The third-order valence-corrected chi connectivity index (χ3v) is 5.11. The van der Waals surface area contributed by atoms with Gasteiger partial charge in [-0.15, -0.1) is 0 Å². The molecule has 5 nitrogen and oxygen atoms in total. The molecule has 1 saturated heterocycles. The third kappa shape index (κ3) is 4.42. The smallest absolute Gasteiger partial charge is 0.246 e. The number of allylic oxidation sites excluding steroid dienone is 1. The molecule has 0 N–H and O–H groups in total. The van der Waals surface area contributed by atoms with Gasteiger partial charge in [-0.25, -0.2) is 12.7 Å². The number of nitrogens with zero attached hydrogens (tertiary/aromatic N) is 2. The Hall–Kier alpha value is -1.66. The molecule has 6 heteroatoms. The first kappa shape index (κ1) is 16.7. The summed E-state index contributed by atoms with van der Waals surface area (Å²) in [6, 6.07) is 9.74. The maximum absolute atomic E-state index is 12.4. The highest BCUT2D eigenvalue weighted by molar-refractivity contribution is 7.88. The standard InChI is InChI=1S/C16H22N2O3S/c1-14(15-7-4-3-5-8-15)13-16(19)17-9-6-10-18(12-11-17)22(2,20)21/h3-5,7-8,13H,6,9-12H2,1-2H3. The molecule has 1 amide bonds.